The van der Waals surface area contributed by atoms with Crippen LogP contribution in [0.3, 0.4) is 0 Å². The number of alkyl halides is 2. The summed E-state index contributed by atoms with van der Waals surface area (Å²) in [5.41, 5.74) is -0.532. The number of aromatic nitrogens is 1. The average Bonchev–Trinajstić information content (AvgIpc) is 2.67. The van der Waals surface area contributed by atoms with E-state index in [0.717, 1.165) is 10.3 Å². The van der Waals surface area contributed by atoms with Gasteiger partial charge >= 0.3 is 6.09 Å². The van der Waals surface area contributed by atoms with E-state index in [-0.39, 0.29) is 18.9 Å². The number of halogens is 3. The zero-order valence-corrected chi connectivity index (χ0v) is 19.2. The average molecular weight is 489 g/mol. The summed E-state index contributed by atoms with van der Waals surface area (Å²) in [6.45, 7) is 6.96. The number of pyridine rings is 1. The highest BCUT2D eigenvalue weighted by molar-refractivity contribution is 9.10. The van der Waals surface area contributed by atoms with Crippen molar-refractivity contribution in [2.24, 2.45) is 11.3 Å². The third kappa shape index (κ3) is 6.03. The molecule has 0 radical (unpaired) electrons. The van der Waals surface area contributed by atoms with Gasteiger partial charge in [-0.3, -0.25) is 4.90 Å². The van der Waals surface area contributed by atoms with E-state index >= 15 is 0 Å². The van der Waals surface area contributed by atoms with Crippen LogP contribution >= 0.6 is 15.9 Å². The predicted octanol–water partition coefficient (Wildman–Crippen LogP) is 4.41. The minimum absolute atomic E-state index is 0.110. The van der Waals surface area contributed by atoms with E-state index in [1.54, 1.807) is 6.20 Å². The van der Waals surface area contributed by atoms with E-state index in [2.05, 4.69) is 25.8 Å². The summed E-state index contributed by atoms with van der Waals surface area (Å²) in [5.74, 6) is -1.80. The SMILES string of the molecule is CC(C)(CC(F)(F)CN1CCN(c2cc(Br)ccn2)CC1)C1CCN(C(=O)O)CC1. The number of nitrogens with zero attached hydrogens (tertiary/aromatic N) is 4. The summed E-state index contributed by atoms with van der Waals surface area (Å²) in [4.78, 5) is 20.8. The molecule has 0 aromatic carbocycles. The Morgan fingerprint density at radius 1 is 1.20 bits per heavy atom. The van der Waals surface area contributed by atoms with Crippen LogP contribution in [0.2, 0.25) is 0 Å². The van der Waals surface area contributed by atoms with Crippen molar-refractivity contribution in [1.82, 2.24) is 14.8 Å². The quantitative estimate of drug-likeness (QED) is 0.642. The third-order valence-corrected chi connectivity index (χ3v) is 6.94. The van der Waals surface area contributed by atoms with Crippen LogP contribution in [0.4, 0.5) is 19.4 Å². The van der Waals surface area contributed by atoms with Crippen LogP contribution in [0, 0.1) is 11.3 Å². The van der Waals surface area contributed by atoms with Crippen molar-refractivity contribution in [3.05, 3.63) is 22.8 Å². The maximum absolute atomic E-state index is 15.0. The number of rotatable bonds is 6. The number of amides is 1. The van der Waals surface area contributed by atoms with Crippen LogP contribution in [0.5, 0.6) is 0 Å². The summed E-state index contributed by atoms with van der Waals surface area (Å²) < 4.78 is 30.9. The van der Waals surface area contributed by atoms with Gasteiger partial charge in [-0.05, 0) is 36.3 Å². The minimum atomic E-state index is -2.77. The van der Waals surface area contributed by atoms with Gasteiger partial charge in [-0.25, -0.2) is 18.6 Å². The first-order valence-electron chi connectivity index (χ1n) is 10.5. The zero-order valence-electron chi connectivity index (χ0n) is 17.7. The van der Waals surface area contributed by atoms with Gasteiger partial charge in [0.25, 0.3) is 5.92 Å². The normalized spacial score (nSPS) is 19.9. The number of likely N-dealkylation sites (tertiary alicyclic amines) is 1. The van der Waals surface area contributed by atoms with Gasteiger partial charge in [-0.15, -0.1) is 0 Å². The molecule has 3 rings (SSSR count). The molecule has 1 N–H and O–H groups in total. The number of piperazine rings is 1. The van der Waals surface area contributed by atoms with Gasteiger partial charge in [0, 0.05) is 56.4 Å². The third-order valence-electron chi connectivity index (χ3n) is 6.44. The Bertz CT molecular complexity index is 733. The molecule has 0 bridgehead atoms. The lowest BCUT2D eigenvalue weighted by molar-refractivity contribution is -0.0803. The van der Waals surface area contributed by atoms with Crippen LogP contribution in [-0.2, 0) is 0 Å². The molecular weight excluding hydrogens is 458 g/mol. The van der Waals surface area contributed by atoms with E-state index in [0.29, 0.717) is 52.1 Å². The molecule has 0 saturated carbocycles. The zero-order chi connectivity index (χ0) is 21.9. The Kier molecular flexibility index (Phi) is 7.22. The summed E-state index contributed by atoms with van der Waals surface area (Å²) in [5, 5.41) is 9.09. The van der Waals surface area contributed by atoms with Crippen LogP contribution < -0.4 is 4.90 Å². The Labute approximate surface area is 185 Å². The Morgan fingerprint density at radius 2 is 1.83 bits per heavy atom. The number of carbonyl (C=O) groups is 1. The second-order valence-electron chi connectivity index (χ2n) is 9.16. The lowest BCUT2D eigenvalue weighted by Gasteiger charge is -2.43. The van der Waals surface area contributed by atoms with Crippen molar-refractivity contribution in [1.29, 1.82) is 0 Å². The van der Waals surface area contributed by atoms with Gasteiger partial charge in [-0.1, -0.05) is 29.8 Å². The molecule has 2 saturated heterocycles. The fourth-order valence-corrected chi connectivity index (χ4v) is 5.07. The van der Waals surface area contributed by atoms with Crippen molar-refractivity contribution in [2.75, 3.05) is 50.7 Å². The first-order valence-corrected chi connectivity index (χ1v) is 11.3. The lowest BCUT2D eigenvalue weighted by atomic mass is 9.70. The first-order chi connectivity index (χ1) is 14.1. The fourth-order valence-electron chi connectivity index (χ4n) is 4.75. The van der Waals surface area contributed by atoms with Gasteiger partial charge in [0.1, 0.15) is 5.82 Å². The molecule has 2 aliphatic heterocycles. The highest BCUT2D eigenvalue weighted by Gasteiger charge is 2.43. The van der Waals surface area contributed by atoms with Crippen molar-refractivity contribution in [3.63, 3.8) is 0 Å². The number of hydrogen-bond donors (Lipinski definition) is 1. The van der Waals surface area contributed by atoms with Gasteiger partial charge in [0.15, 0.2) is 0 Å². The second kappa shape index (κ2) is 9.34. The van der Waals surface area contributed by atoms with Crippen LogP contribution in [0.15, 0.2) is 22.8 Å². The van der Waals surface area contributed by atoms with Gasteiger partial charge in [0.2, 0.25) is 0 Å². The molecule has 3 heterocycles. The molecule has 1 aromatic heterocycles. The Morgan fingerprint density at radius 3 is 2.40 bits per heavy atom. The molecule has 0 aliphatic carbocycles. The summed E-state index contributed by atoms with van der Waals surface area (Å²) in [7, 11) is 0. The van der Waals surface area contributed by atoms with Crippen LogP contribution in [-0.4, -0.2) is 77.7 Å². The smallest absolute Gasteiger partial charge is 0.407 e. The molecule has 168 valence electrons. The van der Waals surface area contributed by atoms with Crippen molar-refractivity contribution in [3.8, 4) is 0 Å². The van der Waals surface area contributed by atoms with E-state index in [9.17, 15) is 13.6 Å². The van der Waals surface area contributed by atoms with Crippen molar-refractivity contribution in [2.45, 2.75) is 39.0 Å². The molecule has 2 aliphatic rings. The van der Waals surface area contributed by atoms with E-state index in [1.807, 2.05) is 30.9 Å². The summed E-state index contributed by atoms with van der Waals surface area (Å²) in [6, 6.07) is 3.82. The molecule has 1 amide bonds. The second-order valence-corrected chi connectivity index (χ2v) is 10.1. The Balaban J connectivity index is 1.49. The number of piperidine rings is 1. The molecule has 9 heteroatoms. The van der Waals surface area contributed by atoms with E-state index < -0.39 is 17.4 Å². The highest BCUT2D eigenvalue weighted by Crippen LogP contribution is 2.43. The topological polar surface area (TPSA) is 59.9 Å². The molecule has 1 aromatic rings. The molecule has 30 heavy (non-hydrogen) atoms. The standard InChI is InChI=1S/C21H31BrF2N4O2/c1-20(2,16-4-7-28(8-5-16)19(29)30)14-21(23,24)15-26-9-11-27(12-10-26)18-13-17(22)3-6-25-18/h3,6,13,16H,4-5,7-12,14-15H2,1-2H3,(H,29,30). The number of anilines is 1. The molecule has 0 unspecified atom stereocenters. The summed E-state index contributed by atoms with van der Waals surface area (Å²) in [6.07, 6.45) is 1.93. The van der Waals surface area contributed by atoms with Crippen LogP contribution in [0.25, 0.3) is 0 Å². The predicted molar refractivity (Wildman–Crippen MR) is 116 cm³/mol. The van der Waals surface area contributed by atoms with E-state index in [4.69, 9.17) is 5.11 Å². The van der Waals surface area contributed by atoms with Crippen molar-refractivity contribution >= 4 is 27.8 Å². The monoisotopic (exact) mass is 488 g/mol. The van der Waals surface area contributed by atoms with Gasteiger partial charge in [-0.2, -0.15) is 0 Å². The van der Waals surface area contributed by atoms with Gasteiger partial charge in [0.05, 0.1) is 6.54 Å². The number of hydrogen-bond acceptors (Lipinski definition) is 4. The summed E-state index contributed by atoms with van der Waals surface area (Å²) >= 11 is 3.44. The lowest BCUT2D eigenvalue weighted by Crippen LogP contribution is -2.51. The molecule has 0 atom stereocenters. The fraction of sp³-hybridized carbons (Fsp3) is 0.714. The molecule has 0 spiro atoms. The van der Waals surface area contributed by atoms with Crippen molar-refractivity contribution < 1.29 is 18.7 Å². The molecule has 6 nitrogen and oxygen atoms in total. The first kappa shape index (κ1) is 23.2. The van der Waals surface area contributed by atoms with E-state index in [1.165, 1.54) is 4.90 Å². The van der Waals surface area contributed by atoms with Crippen LogP contribution in [0.1, 0.15) is 33.1 Å². The maximum atomic E-state index is 15.0. The Hall–Kier alpha value is -1.48. The molecular formula is C21H31BrF2N4O2. The molecule has 2 fully saturated rings. The largest absolute Gasteiger partial charge is 0.465 e. The number of carboxylic acid groups (broad SMARTS) is 1. The minimum Gasteiger partial charge on any atom is -0.465 e. The highest BCUT2D eigenvalue weighted by atomic mass is 79.9. The van der Waals surface area contributed by atoms with Gasteiger partial charge < -0.3 is 14.9 Å². The maximum Gasteiger partial charge on any atom is 0.407 e.